The van der Waals surface area contributed by atoms with Gasteiger partial charge in [-0.3, -0.25) is 4.90 Å². The van der Waals surface area contributed by atoms with Crippen LogP contribution in [0, 0.1) is 5.92 Å². The molecule has 84 valence electrons. The van der Waals surface area contributed by atoms with E-state index in [1.807, 2.05) is 0 Å². The van der Waals surface area contributed by atoms with Crippen molar-refractivity contribution in [2.45, 2.75) is 19.4 Å². The van der Waals surface area contributed by atoms with E-state index < -0.39 is 0 Å². The Morgan fingerprint density at radius 2 is 2.29 bits per heavy atom. The van der Waals surface area contributed by atoms with Crippen LogP contribution in [0.2, 0.25) is 0 Å². The third-order valence-corrected chi connectivity index (χ3v) is 2.93. The molecule has 1 rings (SSSR count). The van der Waals surface area contributed by atoms with Crippen LogP contribution in [0.3, 0.4) is 0 Å². The van der Waals surface area contributed by atoms with Crippen LogP contribution in [0.15, 0.2) is 0 Å². The average Bonchev–Trinajstić information content (AvgIpc) is 2.18. The molecule has 1 N–H and O–H groups in total. The van der Waals surface area contributed by atoms with Gasteiger partial charge in [0.1, 0.15) is 0 Å². The average molecular weight is 222 g/mol. The first-order valence-corrected chi connectivity index (χ1v) is 5.81. The van der Waals surface area contributed by atoms with Crippen LogP contribution in [0.25, 0.3) is 0 Å². The Bertz CT molecular complexity index is 157. The van der Waals surface area contributed by atoms with Gasteiger partial charge in [-0.1, -0.05) is 6.92 Å². The van der Waals surface area contributed by atoms with Crippen LogP contribution in [-0.2, 0) is 4.74 Å². The van der Waals surface area contributed by atoms with Gasteiger partial charge in [-0.25, -0.2) is 0 Å². The van der Waals surface area contributed by atoms with E-state index >= 15 is 0 Å². The van der Waals surface area contributed by atoms with Crippen molar-refractivity contribution in [3.05, 3.63) is 0 Å². The van der Waals surface area contributed by atoms with E-state index in [0.29, 0.717) is 25.0 Å². The molecule has 1 heterocycles. The summed E-state index contributed by atoms with van der Waals surface area (Å²) in [7, 11) is 0. The van der Waals surface area contributed by atoms with Crippen LogP contribution < -0.4 is 0 Å². The lowest BCUT2D eigenvalue weighted by molar-refractivity contribution is 0.0157. The molecule has 0 aromatic rings. The molecule has 1 saturated heterocycles. The predicted octanol–water partition coefficient (Wildman–Crippen LogP) is 0.944. The molecule has 2 unspecified atom stereocenters. The third-order valence-electron chi connectivity index (χ3n) is 2.78. The molecule has 0 amide bonds. The highest BCUT2D eigenvalue weighted by Gasteiger charge is 2.23. The molecule has 4 heteroatoms. The highest BCUT2D eigenvalue weighted by molar-refractivity contribution is 6.17. The molecule has 0 saturated carbocycles. The summed E-state index contributed by atoms with van der Waals surface area (Å²) in [6.07, 6.45) is 0.910. The Morgan fingerprint density at radius 3 is 2.93 bits per heavy atom. The van der Waals surface area contributed by atoms with Crippen LogP contribution >= 0.6 is 11.6 Å². The fourth-order valence-electron chi connectivity index (χ4n) is 1.67. The fourth-order valence-corrected chi connectivity index (χ4v) is 1.78. The molecule has 2 atom stereocenters. The zero-order valence-electron chi connectivity index (χ0n) is 8.79. The summed E-state index contributed by atoms with van der Waals surface area (Å²) >= 11 is 5.49. The van der Waals surface area contributed by atoms with Crippen molar-refractivity contribution in [3.8, 4) is 0 Å². The van der Waals surface area contributed by atoms with Gasteiger partial charge in [0.25, 0.3) is 0 Å². The first kappa shape index (κ1) is 12.2. The summed E-state index contributed by atoms with van der Waals surface area (Å²) in [6.45, 7) is 6.20. The number of alkyl halides is 1. The first-order chi connectivity index (χ1) is 6.74. The van der Waals surface area contributed by atoms with Gasteiger partial charge in [0.2, 0.25) is 0 Å². The van der Waals surface area contributed by atoms with Crippen molar-refractivity contribution in [2.24, 2.45) is 5.92 Å². The molecule has 3 nitrogen and oxygen atoms in total. The Labute approximate surface area is 91.0 Å². The van der Waals surface area contributed by atoms with Gasteiger partial charge >= 0.3 is 0 Å². The van der Waals surface area contributed by atoms with Crippen molar-refractivity contribution in [1.82, 2.24) is 4.90 Å². The maximum Gasteiger partial charge on any atom is 0.0693 e. The second kappa shape index (κ2) is 6.62. The molecule has 1 aliphatic rings. The number of aliphatic hydroxyl groups is 1. The summed E-state index contributed by atoms with van der Waals surface area (Å²) in [4.78, 5) is 2.25. The lowest BCUT2D eigenvalue weighted by atomic mass is 9.96. The Balaban J connectivity index is 2.07. The number of likely N-dealkylation sites (tertiary alicyclic amines) is 1. The van der Waals surface area contributed by atoms with Gasteiger partial charge in [-0.2, -0.15) is 0 Å². The third kappa shape index (κ3) is 4.13. The van der Waals surface area contributed by atoms with E-state index in [4.69, 9.17) is 16.3 Å². The zero-order valence-corrected chi connectivity index (χ0v) is 9.54. The van der Waals surface area contributed by atoms with E-state index in [9.17, 15) is 5.11 Å². The molecule has 0 aromatic heterocycles. The summed E-state index contributed by atoms with van der Waals surface area (Å²) in [5.41, 5.74) is 0. The minimum atomic E-state index is -0.170. The van der Waals surface area contributed by atoms with Crippen molar-refractivity contribution >= 4 is 11.6 Å². The Hall–Kier alpha value is 0.170. The highest BCUT2D eigenvalue weighted by atomic mass is 35.5. The van der Waals surface area contributed by atoms with Gasteiger partial charge in [-0.05, 0) is 18.9 Å². The SMILES string of the molecule is CC1CCN(CCOCCCl)CC1O. The van der Waals surface area contributed by atoms with E-state index in [0.717, 1.165) is 26.1 Å². The largest absolute Gasteiger partial charge is 0.392 e. The lowest BCUT2D eigenvalue weighted by Gasteiger charge is -2.34. The second-order valence-electron chi connectivity index (χ2n) is 3.94. The van der Waals surface area contributed by atoms with Crippen LogP contribution in [0.1, 0.15) is 13.3 Å². The Kier molecular flexibility index (Phi) is 5.78. The minimum absolute atomic E-state index is 0.170. The number of nitrogens with zero attached hydrogens (tertiary/aromatic N) is 1. The zero-order chi connectivity index (χ0) is 10.4. The molecule has 14 heavy (non-hydrogen) atoms. The predicted molar refractivity (Wildman–Crippen MR) is 57.8 cm³/mol. The standard InChI is InChI=1S/C10H20ClNO2/c1-9-2-4-12(8-10(9)13)5-7-14-6-3-11/h9-10,13H,2-8H2,1H3. The topological polar surface area (TPSA) is 32.7 Å². The second-order valence-corrected chi connectivity index (χ2v) is 4.31. The van der Waals surface area contributed by atoms with E-state index in [1.54, 1.807) is 0 Å². The molecule has 0 spiro atoms. The molecule has 0 radical (unpaired) electrons. The number of ether oxygens (including phenoxy) is 1. The lowest BCUT2D eigenvalue weighted by Crippen LogP contribution is -2.44. The number of rotatable bonds is 5. The number of hydrogen-bond acceptors (Lipinski definition) is 3. The summed E-state index contributed by atoms with van der Waals surface area (Å²) in [5, 5.41) is 9.65. The number of β-amino-alcohol motifs (C(OH)–C–C–N with tert-alkyl or cyclic N) is 1. The summed E-state index contributed by atoms with van der Waals surface area (Å²) in [6, 6.07) is 0. The van der Waals surface area contributed by atoms with Gasteiger partial charge in [-0.15, -0.1) is 11.6 Å². The van der Waals surface area contributed by atoms with E-state index in [-0.39, 0.29) is 6.10 Å². The first-order valence-electron chi connectivity index (χ1n) is 5.28. The van der Waals surface area contributed by atoms with Crippen LogP contribution in [0.5, 0.6) is 0 Å². The normalized spacial score (nSPS) is 29.4. The van der Waals surface area contributed by atoms with Crippen molar-refractivity contribution < 1.29 is 9.84 Å². The molecule has 0 bridgehead atoms. The number of aliphatic hydroxyl groups excluding tert-OH is 1. The highest BCUT2D eigenvalue weighted by Crippen LogP contribution is 2.16. The molecule has 1 aliphatic heterocycles. The van der Waals surface area contributed by atoms with Gasteiger partial charge in [0.15, 0.2) is 0 Å². The molecular weight excluding hydrogens is 202 g/mol. The maximum atomic E-state index is 9.65. The van der Waals surface area contributed by atoms with Gasteiger partial charge in [0, 0.05) is 19.0 Å². The number of piperidine rings is 1. The van der Waals surface area contributed by atoms with Gasteiger partial charge in [0.05, 0.1) is 19.3 Å². The molecule has 1 fully saturated rings. The quantitative estimate of drug-likeness (QED) is 0.554. The number of hydrogen-bond donors (Lipinski definition) is 1. The van der Waals surface area contributed by atoms with Crippen LogP contribution in [-0.4, -0.2) is 54.8 Å². The number of halogens is 1. The van der Waals surface area contributed by atoms with Crippen molar-refractivity contribution in [2.75, 3.05) is 38.7 Å². The smallest absolute Gasteiger partial charge is 0.0693 e. The maximum absolute atomic E-state index is 9.65. The van der Waals surface area contributed by atoms with Crippen LogP contribution in [0.4, 0.5) is 0 Å². The minimum Gasteiger partial charge on any atom is -0.392 e. The summed E-state index contributed by atoms with van der Waals surface area (Å²) in [5.74, 6) is 0.995. The van der Waals surface area contributed by atoms with E-state index in [2.05, 4.69) is 11.8 Å². The van der Waals surface area contributed by atoms with Gasteiger partial charge < -0.3 is 9.84 Å². The Morgan fingerprint density at radius 1 is 1.50 bits per heavy atom. The van der Waals surface area contributed by atoms with Crippen molar-refractivity contribution in [1.29, 1.82) is 0 Å². The summed E-state index contributed by atoms with van der Waals surface area (Å²) < 4.78 is 5.29. The molecular formula is C10H20ClNO2. The molecule has 0 aromatic carbocycles. The van der Waals surface area contributed by atoms with E-state index in [1.165, 1.54) is 0 Å². The van der Waals surface area contributed by atoms with Crippen molar-refractivity contribution in [3.63, 3.8) is 0 Å². The fraction of sp³-hybridized carbons (Fsp3) is 1.00. The monoisotopic (exact) mass is 221 g/mol. The molecule has 0 aliphatic carbocycles.